The van der Waals surface area contributed by atoms with Crippen molar-refractivity contribution in [2.24, 2.45) is 5.92 Å². The molecule has 0 aromatic rings. The Labute approximate surface area is 74.0 Å². The molecule has 0 rings (SSSR count). The summed E-state index contributed by atoms with van der Waals surface area (Å²) >= 11 is 0. The van der Waals surface area contributed by atoms with Crippen LogP contribution >= 0.6 is 0 Å². The molecule has 0 saturated heterocycles. The highest BCUT2D eigenvalue weighted by molar-refractivity contribution is 5.73. The van der Waals surface area contributed by atoms with Crippen LogP contribution in [0.3, 0.4) is 0 Å². The van der Waals surface area contributed by atoms with Gasteiger partial charge in [0.1, 0.15) is 0 Å². The normalized spacial score (nSPS) is 13.0. The molecular formula is C9H17NO2. The van der Waals surface area contributed by atoms with Crippen LogP contribution in [0.2, 0.25) is 0 Å². The number of esters is 1. The summed E-state index contributed by atoms with van der Waals surface area (Å²) < 4.78 is 4.83. The van der Waals surface area contributed by atoms with E-state index in [2.05, 4.69) is 0 Å². The summed E-state index contributed by atoms with van der Waals surface area (Å²) in [5, 5.41) is 0. The molecule has 1 unspecified atom stereocenters. The van der Waals surface area contributed by atoms with Crippen LogP contribution in [0, 0.1) is 5.92 Å². The van der Waals surface area contributed by atoms with E-state index in [9.17, 15) is 4.79 Å². The monoisotopic (exact) mass is 171 g/mol. The molecular weight excluding hydrogens is 154 g/mol. The van der Waals surface area contributed by atoms with Gasteiger partial charge in [0, 0.05) is 14.1 Å². The summed E-state index contributed by atoms with van der Waals surface area (Å²) in [6, 6.07) is 0. The number of hydrogen-bond donors (Lipinski definition) is 0. The summed E-state index contributed by atoms with van der Waals surface area (Å²) in [4.78, 5) is 12.9. The van der Waals surface area contributed by atoms with Crippen molar-refractivity contribution in [3.05, 3.63) is 12.3 Å². The lowest BCUT2D eigenvalue weighted by Gasteiger charge is -2.07. The molecule has 1 atom stereocenters. The smallest absolute Gasteiger partial charge is 0.312 e. The van der Waals surface area contributed by atoms with Gasteiger partial charge in [-0.25, -0.2) is 0 Å². The van der Waals surface area contributed by atoms with Gasteiger partial charge in [0.15, 0.2) is 0 Å². The number of hydrogen-bond acceptors (Lipinski definition) is 3. The predicted octanol–water partition coefficient (Wildman–Crippen LogP) is 1.26. The SMILES string of the molecule is CCOC(=O)C(C)/C=C\N(C)C. The Bertz CT molecular complexity index is 164. The Morgan fingerprint density at radius 2 is 2.17 bits per heavy atom. The number of ether oxygens (including phenoxy) is 1. The molecule has 0 aliphatic rings. The Morgan fingerprint density at radius 1 is 1.58 bits per heavy atom. The van der Waals surface area contributed by atoms with Gasteiger partial charge in [-0.15, -0.1) is 0 Å². The van der Waals surface area contributed by atoms with E-state index in [1.165, 1.54) is 0 Å². The Morgan fingerprint density at radius 3 is 2.58 bits per heavy atom. The Balaban J connectivity index is 3.86. The second-order valence-electron chi connectivity index (χ2n) is 2.85. The summed E-state index contributed by atoms with van der Waals surface area (Å²) in [7, 11) is 3.82. The Hall–Kier alpha value is -0.990. The average molecular weight is 171 g/mol. The number of carbonyl (C=O) groups is 1. The van der Waals surface area contributed by atoms with Crippen LogP contribution in [-0.4, -0.2) is 31.6 Å². The average Bonchev–Trinajstić information content (AvgIpc) is 2.00. The third-order valence-electron chi connectivity index (χ3n) is 1.33. The van der Waals surface area contributed by atoms with Crippen LogP contribution in [-0.2, 0) is 9.53 Å². The lowest BCUT2D eigenvalue weighted by atomic mass is 10.2. The molecule has 0 amide bonds. The first-order chi connectivity index (χ1) is 5.57. The van der Waals surface area contributed by atoms with Gasteiger partial charge < -0.3 is 9.64 Å². The van der Waals surface area contributed by atoms with Gasteiger partial charge in [0.05, 0.1) is 12.5 Å². The standard InChI is InChI=1S/C9H17NO2/c1-5-12-9(11)8(2)6-7-10(3)4/h6-8H,5H2,1-4H3/b7-6-. The van der Waals surface area contributed by atoms with Crippen molar-refractivity contribution < 1.29 is 9.53 Å². The van der Waals surface area contributed by atoms with E-state index in [1.807, 2.05) is 38.2 Å². The van der Waals surface area contributed by atoms with Gasteiger partial charge in [-0.05, 0) is 20.0 Å². The zero-order valence-electron chi connectivity index (χ0n) is 8.20. The molecule has 0 N–H and O–H groups in total. The van der Waals surface area contributed by atoms with Crippen molar-refractivity contribution in [1.29, 1.82) is 0 Å². The second-order valence-corrected chi connectivity index (χ2v) is 2.85. The third-order valence-corrected chi connectivity index (χ3v) is 1.33. The van der Waals surface area contributed by atoms with Crippen LogP contribution in [0.25, 0.3) is 0 Å². The fourth-order valence-corrected chi connectivity index (χ4v) is 0.654. The molecule has 0 bridgehead atoms. The summed E-state index contributed by atoms with van der Waals surface area (Å²) in [6.45, 7) is 4.07. The van der Waals surface area contributed by atoms with Crippen LogP contribution in [0.5, 0.6) is 0 Å². The van der Waals surface area contributed by atoms with Gasteiger partial charge in [-0.2, -0.15) is 0 Å². The van der Waals surface area contributed by atoms with E-state index in [0.717, 1.165) is 0 Å². The molecule has 0 aromatic carbocycles. The summed E-state index contributed by atoms with van der Waals surface area (Å²) in [5.41, 5.74) is 0. The zero-order valence-corrected chi connectivity index (χ0v) is 8.20. The minimum Gasteiger partial charge on any atom is -0.466 e. The zero-order chi connectivity index (χ0) is 9.56. The topological polar surface area (TPSA) is 29.5 Å². The maximum absolute atomic E-state index is 11.1. The maximum atomic E-state index is 11.1. The molecule has 0 fully saturated rings. The fraction of sp³-hybridized carbons (Fsp3) is 0.667. The van der Waals surface area contributed by atoms with E-state index >= 15 is 0 Å². The molecule has 0 spiro atoms. The molecule has 0 aliphatic heterocycles. The fourth-order valence-electron chi connectivity index (χ4n) is 0.654. The largest absolute Gasteiger partial charge is 0.466 e. The van der Waals surface area contributed by atoms with Gasteiger partial charge in [-0.1, -0.05) is 6.08 Å². The summed E-state index contributed by atoms with van der Waals surface area (Å²) in [6.07, 6.45) is 3.67. The molecule has 0 radical (unpaired) electrons. The van der Waals surface area contributed by atoms with Gasteiger partial charge in [-0.3, -0.25) is 4.79 Å². The number of rotatable bonds is 4. The molecule has 70 valence electrons. The van der Waals surface area contributed by atoms with Crippen LogP contribution in [0.4, 0.5) is 0 Å². The first-order valence-corrected chi connectivity index (χ1v) is 4.09. The minimum absolute atomic E-state index is 0.160. The highest BCUT2D eigenvalue weighted by atomic mass is 16.5. The van der Waals surface area contributed by atoms with E-state index in [-0.39, 0.29) is 11.9 Å². The molecule has 0 aromatic heterocycles. The number of carbonyl (C=O) groups excluding carboxylic acids is 1. The van der Waals surface area contributed by atoms with Crippen molar-refractivity contribution in [2.45, 2.75) is 13.8 Å². The first-order valence-electron chi connectivity index (χ1n) is 4.09. The maximum Gasteiger partial charge on any atom is 0.312 e. The molecule has 3 nitrogen and oxygen atoms in total. The minimum atomic E-state index is -0.171. The lowest BCUT2D eigenvalue weighted by molar-refractivity contribution is -0.145. The van der Waals surface area contributed by atoms with Crippen LogP contribution < -0.4 is 0 Å². The predicted molar refractivity (Wildman–Crippen MR) is 48.6 cm³/mol. The highest BCUT2D eigenvalue weighted by Gasteiger charge is 2.09. The van der Waals surface area contributed by atoms with Crippen molar-refractivity contribution >= 4 is 5.97 Å². The molecule has 0 heterocycles. The van der Waals surface area contributed by atoms with Crippen molar-refractivity contribution in [2.75, 3.05) is 20.7 Å². The van der Waals surface area contributed by atoms with E-state index in [1.54, 1.807) is 6.92 Å². The molecule has 0 aliphatic carbocycles. The highest BCUT2D eigenvalue weighted by Crippen LogP contribution is 2.00. The quantitative estimate of drug-likeness (QED) is 0.596. The van der Waals surface area contributed by atoms with E-state index < -0.39 is 0 Å². The molecule has 3 heteroatoms. The molecule has 0 saturated carbocycles. The van der Waals surface area contributed by atoms with Crippen molar-refractivity contribution in [3.63, 3.8) is 0 Å². The third kappa shape index (κ3) is 4.77. The van der Waals surface area contributed by atoms with Crippen molar-refractivity contribution in [3.8, 4) is 0 Å². The van der Waals surface area contributed by atoms with Gasteiger partial charge >= 0.3 is 5.97 Å². The lowest BCUT2D eigenvalue weighted by Crippen LogP contribution is -2.13. The van der Waals surface area contributed by atoms with Crippen molar-refractivity contribution in [1.82, 2.24) is 4.90 Å². The Kier molecular flexibility index (Phi) is 5.17. The van der Waals surface area contributed by atoms with Gasteiger partial charge in [0.25, 0.3) is 0 Å². The van der Waals surface area contributed by atoms with E-state index in [4.69, 9.17) is 4.74 Å². The van der Waals surface area contributed by atoms with Gasteiger partial charge in [0.2, 0.25) is 0 Å². The van der Waals surface area contributed by atoms with Crippen LogP contribution in [0.15, 0.2) is 12.3 Å². The number of nitrogens with zero attached hydrogens (tertiary/aromatic N) is 1. The van der Waals surface area contributed by atoms with E-state index in [0.29, 0.717) is 6.61 Å². The van der Waals surface area contributed by atoms with Crippen LogP contribution in [0.1, 0.15) is 13.8 Å². The second kappa shape index (κ2) is 5.63. The first kappa shape index (κ1) is 11.0. The molecule has 12 heavy (non-hydrogen) atoms. The summed E-state index contributed by atoms with van der Waals surface area (Å²) in [5.74, 6) is -0.331.